The van der Waals surface area contributed by atoms with Crippen molar-refractivity contribution in [2.24, 2.45) is 0 Å². The molecule has 6 heteroatoms. The molecule has 0 saturated carbocycles. The minimum atomic E-state index is -4.39. The van der Waals surface area contributed by atoms with E-state index in [-0.39, 0.29) is 11.0 Å². The van der Waals surface area contributed by atoms with Crippen molar-refractivity contribution < 1.29 is 18.3 Å². The van der Waals surface area contributed by atoms with Crippen LogP contribution in [-0.2, 0) is 6.18 Å². The van der Waals surface area contributed by atoms with Gasteiger partial charge in [0, 0.05) is 16.7 Å². The molecule has 0 aliphatic heterocycles. The number of rotatable bonds is 3. The molecule has 1 rings (SSSR count). The lowest BCUT2D eigenvalue weighted by Gasteiger charge is -2.13. The summed E-state index contributed by atoms with van der Waals surface area (Å²) in [6, 6.07) is 3.85. The highest BCUT2D eigenvalue weighted by Gasteiger charge is 2.33. The van der Waals surface area contributed by atoms with E-state index in [9.17, 15) is 13.2 Å². The van der Waals surface area contributed by atoms with E-state index >= 15 is 0 Å². The average Bonchev–Trinajstić information content (AvgIpc) is 2.14. The first kappa shape index (κ1) is 13.3. The van der Waals surface area contributed by atoms with Crippen LogP contribution in [0.15, 0.2) is 22.7 Å². The summed E-state index contributed by atoms with van der Waals surface area (Å²) < 4.78 is 37.6. The Balaban J connectivity index is 2.90. The molecule has 0 aromatic heterocycles. The number of alkyl halides is 3. The van der Waals surface area contributed by atoms with Gasteiger partial charge in [0.2, 0.25) is 0 Å². The highest BCUT2D eigenvalue weighted by atomic mass is 79.9. The second kappa shape index (κ2) is 5.05. The maximum Gasteiger partial charge on any atom is 0.417 e. The van der Waals surface area contributed by atoms with Crippen LogP contribution in [0.5, 0.6) is 0 Å². The van der Waals surface area contributed by atoms with Crippen LogP contribution in [-0.4, -0.2) is 17.8 Å². The highest BCUT2D eigenvalue weighted by molar-refractivity contribution is 9.10. The van der Waals surface area contributed by atoms with Gasteiger partial charge in [-0.3, -0.25) is 0 Å². The lowest BCUT2D eigenvalue weighted by Crippen LogP contribution is -2.16. The van der Waals surface area contributed by atoms with Gasteiger partial charge >= 0.3 is 6.18 Å². The van der Waals surface area contributed by atoms with Crippen molar-refractivity contribution in [3.63, 3.8) is 0 Å². The smallest absolute Gasteiger partial charge is 0.392 e. The van der Waals surface area contributed by atoms with Crippen molar-refractivity contribution in [2.45, 2.75) is 19.2 Å². The molecule has 0 aliphatic rings. The van der Waals surface area contributed by atoms with Crippen LogP contribution in [0, 0.1) is 0 Å². The average molecular weight is 298 g/mol. The summed E-state index contributed by atoms with van der Waals surface area (Å²) in [5, 5.41) is 11.7. The van der Waals surface area contributed by atoms with Crippen LogP contribution < -0.4 is 5.32 Å². The topological polar surface area (TPSA) is 32.3 Å². The van der Waals surface area contributed by atoms with Crippen LogP contribution >= 0.6 is 15.9 Å². The Kier molecular flexibility index (Phi) is 4.21. The van der Waals surface area contributed by atoms with E-state index in [0.717, 1.165) is 6.07 Å². The fourth-order valence-corrected chi connectivity index (χ4v) is 1.59. The molecule has 0 aliphatic carbocycles. The van der Waals surface area contributed by atoms with Gasteiger partial charge in [-0.1, -0.05) is 15.9 Å². The molecule has 0 heterocycles. The highest BCUT2D eigenvalue weighted by Crippen LogP contribution is 2.36. The van der Waals surface area contributed by atoms with Gasteiger partial charge in [-0.2, -0.15) is 13.2 Å². The van der Waals surface area contributed by atoms with Crippen molar-refractivity contribution in [2.75, 3.05) is 11.9 Å². The van der Waals surface area contributed by atoms with Crippen LogP contribution in [0.25, 0.3) is 0 Å². The lowest BCUT2D eigenvalue weighted by atomic mass is 10.2. The predicted molar refractivity (Wildman–Crippen MR) is 59.3 cm³/mol. The number of benzene rings is 1. The Hall–Kier alpha value is -0.750. The third-order valence-corrected chi connectivity index (χ3v) is 2.56. The molecule has 0 radical (unpaired) electrons. The molecule has 1 aromatic rings. The number of halogens is 4. The van der Waals surface area contributed by atoms with Crippen LogP contribution in [0.4, 0.5) is 18.9 Å². The van der Waals surface area contributed by atoms with Gasteiger partial charge < -0.3 is 10.4 Å². The van der Waals surface area contributed by atoms with E-state index in [0.29, 0.717) is 5.69 Å². The number of hydrogen-bond acceptors (Lipinski definition) is 2. The third-order valence-electron chi connectivity index (χ3n) is 1.87. The first-order valence-corrected chi connectivity index (χ1v) is 5.38. The molecule has 2 N–H and O–H groups in total. The summed E-state index contributed by atoms with van der Waals surface area (Å²) in [4.78, 5) is 0. The molecule has 1 unspecified atom stereocenters. The summed E-state index contributed by atoms with van der Waals surface area (Å²) in [6.07, 6.45) is -5.00. The van der Waals surface area contributed by atoms with Gasteiger partial charge in [0.05, 0.1) is 11.7 Å². The standard InChI is InChI=1S/C10H11BrF3NO/c1-6(16)5-15-7-2-3-9(11)8(4-7)10(12,13)14/h2-4,6,15-16H,5H2,1H3. The number of anilines is 1. The molecular formula is C10H11BrF3NO. The molecule has 16 heavy (non-hydrogen) atoms. The lowest BCUT2D eigenvalue weighted by molar-refractivity contribution is -0.138. The van der Waals surface area contributed by atoms with E-state index < -0.39 is 17.8 Å². The van der Waals surface area contributed by atoms with Gasteiger partial charge in [-0.25, -0.2) is 0 Å². The van der Waals surface area contributed by atoms with E-state index in [1.54, 1.807) is 6.92 Å². The monoisotopic (exact) mass is 297 g/mol. The predicted octanol–water partition coefficient (Wildman–Crippen LogP) is 3.26. The maximum atomic E-state index is 12.5. The molecule has 2 nitrogen and oxygen atoms in total. The van der Waals surface area contributed by atoms with E-state index in [4.69, 9.17) is 5.11 Å². The quantitative estimate of drug-likeness (QED) is 0.897. The number of aliphatic hydroxyl groups is 1. The summed E-state index contributed by atoms with van der Waals surface area (Å²) >= 11 is 2.85. The second-order valence-corrected chi connectivity index (χ2v) is 4.28. The first-order chi connectivity index (χ1) is 7.30. The summed E-state index contributed by atoms with van der Waals surface area (Å²) in [5.74, 6) is 0. The van der Waals surface area contributed by atoms with Gasteiger partial charge in [0.1, 0.15) is 0 Å². The van der Waals surface area contributed by atoms with Crippen molar-refractivity contribution >= 4 is 21.6 Å². The van der Waals surface area contributed by atoms with Crippen LogP contribution in [0.3, 0.4) is 0 Å². The second-order valence-electron chi connectivity index (χ2n) is 3.42. The van der Waals surface area contributed by atoms with E-state index in [2.05, 4.69) is 21.2 Å². The van der Waals surface area contributed by atoms with Crippen molar-refractivity contribution in [3.8, 4) is 0 Å². The van der Waals surface area contributed by atoms with Crippen molar-refractivity contribution in [1.82, 2.24) is 0 Å². The molecule has 0 amide bonds. The molecule has 0 saturated heterocycles. The van der Waals surface area contributed by atoms with Gasteiger partial charge in [0.25, 0.3) is 0 Å². The third kappa shape index (κ3) is 3.68. The molecular weight excluding hydrogens is 287 g/mol. The Morgan fingerprint density at radius 1 is 1.44 bits per heavy atom. The number of aliphatic hydroxyl groups excluding tert-OH is 1. The fourth-order valence-electron chi connectivity index (χ4n) is 1.12. The van der Waals surface area contributed by atoms with Crippen molar-refractivity contribution in [3.05, 3.63) is 28.2 Å². The summed E-state index contributed by atoms with van der Waals surface area (Å²) in [6.45, 7) is 1.76. The minimum absolute atomic E-state index is 0.00240. The van der Waals surface area contributed by atoms with E-state index in [1.165, 1.54) is 12.1 Å². The van der Waals surface area contributed by atoms with Crippen LogP contribution in [0.1, 0.15) is 12.5 Å². The van der Waals surface area contributed by atoms with Crippen LogP contribution in [0.2, 0.25) is 0 Å². The summed E-state index contributed by atoms with van der Waals surface area (Å²) in [7, 11) is 0. The van der Waals surface area contributed by atoms with E-state index in [1.807, 2.05) is 0 Å². The number of hydrogen-bond donors (Lipinski definition) is 2. The Bertz CT molecular complexity index is 366. The zero-order valence-electron chi connectivity index (χ0n) is 8.48. The Morgan fingerprint density at radius 3 is 2.56 bits per heavy atom. The molecule has 1 aromatic carbocycles. The Labute approximate surface area is 99.6 Å². The molecule has 0 fully saturated rings. The number of nitrogens with one attached hydrogen (secondary N) is 1. The fraction of sp³-hybridized carbons (Fsp3) is 0.400. The van der Waals surface area contributed by atoms with Gasteiger partial charge in [-0.05, 0) is 25.1 Å². The zero-order chi connectivity index (χ0) is 12.3. The normalized spacial score (nSPS) is 13.6. The van der Waals surface area contributed by atoms with Gasteiger partial charge in [-0.15, -0.1) is 0 Å². The summed E-state index contributed by atoms with van der Waals surface area (Å²) in [5.41, 5.74) is -0.403. The first-order valence-electron chi connectivity index (χ1n) is 4.59. The maximum absolute atomic E-state index is 12.5. The molecule has 0 bridgehead atoms. The molecule has 0 spiro atoms. The Morgan fingerprint density at radius 2 is 2.06 bits per heavy atom. The van der Waals surface area contributed by atoms with Crippen molar-refractivity contribution in [1.29, 1.82) is 0 Å². The zero-order valence-corrected chi connectivity index (χ0v) is 10.1. The molecule has 90 valence electrons. The largest absolute Gasteiger partial charge is 0.417 e. The SMILES string of the molecule is CC(O)CNc1ccc(Br)c(C(F)(F)F)c1. The minimum Gasteiger partial charge on any atom is -0.392 e. The molecule has 1 atom stereocenters. The van der Waals surface area contributed by atoms with Gasteiger partial charge in [0.15, 0.2) is 0 Å².